The molecule has 2 rings (SSSR count). The molecule has 0 saturated carbocycles. The lowest BCUT2D eigenvalue weighted by Gasteiger charge is -2.27. The summed E-state index contributed by atoms with van der Waals surface area (Å²) < 4.78 is 30.1. The minimum Gasteiger partial charge on any atom is -0.376 e. The molecule has 0 aliphatic carbocycles. The summed E-state index contributed by atoms with van der Waals surface area (Å²) in [7, 11) is -3.10. The Bertz CT molecular complexity index is 323. The largest absolute Gasteiger partial charge is 0.376 e. The summed E-state index contributed by atoms with van der Waals surface area (Å²) in [5.74, 6) is 1.07. The highest BCUT2D eigenvalue weighted by Crippen LogP contribution is 2.31. The zero-order valence-corrected chi connectivity index (χ0v) is 10.9. The SMILES string of the molecule is CS(=O)(=O)NCC1OCC2CNCCC21.Cl. The van der Waals surface area contributed by atoms with Crippen molar-refractivity contribution in [2.24, 2.45) is 11.8 Å². The van der Waals surface area contributed by atoms with Crippen LogP contribution in [0.4, 0.5) is 0 Å². The summed E-state index contributed by atoms with van der Waals surface area (Å²) in [6.07, 6.45) is 2.33. The van der Waals surface area contributed by atoms with E-state index in [9.17, 15) is 8.42 Å². The molecule has 96 valence electrons. The minimum atomic E-state index is -3.10. The third kappa shape index (κ3) is 3.56. The van der Waals surface area contributed by atoms with Gasteiger partial charge in [-0.1, -0.05) is 0 Å². The van der Waals surface area contributed by atoms with Crippen molar-refractivity contribution in [3.63, 3.8) is 0 Å². The predicted molar refractivity (Wildman–Crippen MR) is 64.3 cm³/mol. The lowest BCUT2D eigenvalue weighted by molar-refractivity contribution is 0.0928. The quantitative estimate of drug-likeness (QED) is 0.731. The molecule has 7 heteroatoms. The molecule has 2 saturated heterocycles. The average molecular weight is 271 g/mol. The Morgan fingerprint density at radius 3 is 2.94 bits per heavy atom. The van der Waals surface area contributed by atoms with Crippen LogP contribution in [0.15, 0.2) is 0 Å². The van der Waals surface area contributed by atoms with E-state index in [1.807, 2.05) is 0 Å². The molecule has 2 aliphatic rings. The van der Waals surface area contributed by atoms with Crippen molar-refractivity contribution >= 4 is 22.4 Å². The Morgan fingerprint density at radius 2 is 2.25 bits per heavy atom. The zero-order chi connectivity index (χ0) is 10.9. The first-order valence-corrected chi connectivity index (χ1v) is 7.22. The highest BCUT2D eigenvalue weighted by Gasteiger charge is 2.38. The van der Waals surface area contributed by atoms with Crippen LogP contribution in [0.5, 0.6) is 0 Å². The first kappa shape index (κ1) is 14.2. The van der Waals surface area contributed by atoms with Crippen LogP contribution in [-0.2, 0) is 14.8 Å². The van der Waals surface area contributed by atoms with E-state index in [0.29, 0.717) is 18.4 Å². The van der Waals surface area contributed by atoms with Gasteiger partial charge in [0.2, 0.25) is 10.0 Å². The molecule has 5 nitrogen and oxygen atoms in total. The Morgan fingerprint density at radius 1 is 1.50 bits per heavy atom. The van der Waals surface area contributed by atoms with E-state index in [0.717, 1.165) is 26.1 Å². The summed E-state index contributed by atoms with van der Waals surface area (Å²) >= 11 is 0. The van der Waals surface area contributed by atoms with Crippen molar-refractivity contribution in [3.8, 4) is 0 Å². The maximum atomic E-state index is 11.0. The molecule has 0 radical (unpaired) electrons. The van der Waals surface area contributed by atoms with Gasteiger partial charge in [0.15, 0.2) is 0 Å². The topological polar surface area (TPSA) is 67.4 Å². The summed E-state index contributed by atoms with van der Waals surface area (Å²) in [5, 5.41) is 3.33. The Hall–Kier alpha value is 0.120. The second kappa shape index (κ2) is 5.64. The highest BCUT2D eigenvalue weighted by molar-refractivity contribution is 7.88. The van der Waals surface area contributed by atoms with E-state index in [2.05, 4.69) is 10.0 Å². The normalized spacial score (nSPS) is 34.2. The summed E-state index contributed by atoms with van der Waals surface area (Å²) in [5.41, 5.74) is 0. The molecule has 0 aromatic carbocycles. The van der Waals surface area contributed by atoms with Gasteiger partial charge >= 0.3 is 0 Å². The van der Waals surface area contributed by atoms with Crippen molar-refractivity contribution in [1.82, 2.24) is 10.0 Å². The van der Waals surface area contributed by atoms with Gasteiger partial charge in [0.05, 0.1) is 19.0 Å². The molecule has 0 bridgehead atoms. The molecule has 0 aromatic rings. The van der Waals surface area contributed by atoms with Gasteiger partial charge in [-0.3, -0.25) is 0 Å². The third-order valence-corrected chi connectivity index (χ3v) is 3.91. The summed E-state index contributed by atoms with van der Waals surface area (Å²) in [6, 6.07) is 0. The number of hydrogen-bond acceptors (Lipinski definition) is 4. The second-order valence-electron chi connectivity index (χ2n) is 4.41. The van der Waals surface area contributed by atoms with Crippen LogP contribution < -0.4 is 10.0 Å². The molecule has 3 unspecified atom stereocenters. The standard InChI is InChI=1S/C9H18N2O3S.ClH/c1-15(12,13)11-5-9-8-2-3-10-4-7(8)6-14-9;/h7-11H,2-6H2,1H3;1H. The van der Waals surface area contributed by atoms with Gasteiger partial charge in [0.25, 0.3) is 0 Å². The van der Waals surface area contributed by atoms with Crippen molar-refractivity contribution in [2.75, 3.05) is 32.5 Å². The maximum absolute atomic E-state index is 11.0. The Balaban J connectivity index is 0.00000128. The van der Waals surface area contributed by atoms with Crippen LogP contribution in [0.2, 0.25) is 0 Å². The van der Waals surface area contributed by atoms with Crippen LogP contribution in [0, 0.1) is 11.8 Å². The smallest absolute Gasteiger partial charge is 0.208 e. The number of rotatable bonds is 3. The molecule has 0 spiro atoms. The third-order valence-electron chi connectivity index (χ3n) is 3.22. The maximum Gasteiger partial charge on any atom is 0.208 e. The van der Waals surface area contributed by atoms with E-state index in [-0.39, 0.29) is 18.5 Å². The molecular formula is C9H19ClN2O3S. The second-order valence-corrected chi connectivity index (χ2v) is 6.24. The monoisotopic (exact) mass is 270 g/mol. The van der Waals surface area contributed by atoms with Gasteiger partial charge in [-0.25, -0.2) is 13.1 Å². The fourth-order valence-corrected chi connectivity index (χ4v) is 2.90. The minimum absolute atomic E-state index is 0. The first-order chi connectivity index (χ1) is 7.06. The fraction of sp³-hybridized carbons (Fsp3) is 1.00. The average Bonchev–Trinajstić information content (AvgIpc) is 2.57. The fourth-order valence-electron chi connectivity index (χ4n) is 2.43. The van der Waals surface area contributed by atoms with Gasteiger partial charge in [0, 0.05) is 19.0 Å². The first-order valence-electron chi connectivity index (χ1n) is 5.33. The van der Waals surface area contributed by atoms with E-state index in [1.165, 1.54) is 6.26 Å². The molecule has 2 N–H and O–H groups in total. The molecule has 16 heavy (non-hydrogen) atoms. The van der Waals surface area contributed by atoms with E-state index in [1.54, 1.807) is 0 Å². The molecule has 0 amide bonds. The molecular weight excluding hydrogens is 252 g/mol. The number of ether oxygens (including phenoxy) is 1. The number of fused-ring (bicyclic) bond motifs is 1. The van der Waals surface area contributed by atoms with E-state index >= 15 is 0 Å². The number of sulfonamides is 1. The highest BCUT2D eigenvalue weighted by atomic mass is 35.5. The Kier molecular flexibility index (Phi) is 5.00. The van der Waals surface area contributed by atoms with Crippen molar-refractivity contribution in [2.45, 2.75) is 12.5 Å². The predicted octanol–water partition coefficient (Wildman–Crippen LogP) is -0.418. The molecule has 3 atom stereocenters. The van der Waals surface area contributed by atoms with Gasteiger partial charge in [-0.2, -0.15) is 0 Å². The summed E-state index contributed by atoms with van der Waals surface area (Å²) in [4.78, 5) is 0. The van der Waals surface area contributed by atoms with Gasteiger partial charge in [-0.05, 0) is 18.9 Å². The molecule has 0 aromatic heterocycles. The number of halogens is 1. The summed E-state index contributed by atoms with van der Waals surface area (Å²) in [6.45, 7) is 3.19. The Labute approximate surface area is 103 Å². The van der Waals surface area contributed by atoms with Crippen molar-refractivity contribution < 1.29 is 13.2 Å². The van der Waals surface area contributed by atoms with Gasteiger partial charge < -0.3 is 10.1 Å². The molecule has 2 aliphatic heterocycles. The van der Waals surface area contributed by atoms with Crippen molar-refractivity contribution in [1.29, 1.82) is 0 Å². The lowest BCUT2D eigenvalue weighted by Crippen LogP contribution is -2.41. The lowest BCUT2D eigenvalue weighted by atomic mass is 9.85. The van der Waals surface area contributed by atoms with E-state index in [4.69, 9.17) is 4.74 Å². The van der Waals surface area contributed by atoms with Crippen LogP contribution in [0.1, 0.15) is 6.42 Å². The van der Waals surface area contributed by atoms with Crippen LogP contribution in [0.25, 0.3) is 0 Å². The number of nitrogens with one attached hydrogen (secondary N) is 2. The van der Waals surface area contributed by atoms with Gasteiger partial charge in [-0.15, -0.1) is 12.4 Å². The van der Waals surface area contributed by atoms with Gasteiger partial charge in [0.1, 0.15) is 0 Å². The van der Waals surface area contributed by atoms with E-state index < -0.39 is 10.0 Å². The van der Waals surface area contributed by atoms with Crippen LogP contribution >= 0.6 is 12.4 Å². The molecule has 2 heterocycles. The molecule has 2 fully saturated rings. The number of piperidine rings is 1. The van der Waals surface area contributed by atoms with Crippen LogP contribution in [0.3, 0.4) is 0 Å². The zero-order valence-electron chi connectivity index (χ0n) is 9.31. The number of hydrogen-bond donors (Lipinski definition) is 2. The van der Waals surface area contributed by atoms with Crippen molar-refractivity contribution in [3.05, 3.63) is 0 Å². The van der Waals surface area contributed by atoms with Crippen LogP contribution in [-0.4, -0.2) is 47.0 Å².